The molecule has 4 rings (SSSR count). The average Bonchev–Trinajstić information content (AvgIpc) is 3.34. The molecular formula is C37H53N2O4+. The lowest BCUT2D eigenvalue weighted by atomic mass is 9.81. The van der Waals surface area contributed by atoms with E-state index in [2.05, 4.69) is 104 Å². The van der Waals surface area contributed by atoms with E-state index in [0.29, 0.717) is 26.4 Å². The molecule has 2 aliphatic rings. The van der Waals surface area contributed by atoms with E-state index in [4.69, 9.17) is 18.9 Å². The minimum absolute atomic E-state index is 0.131. The van der Waals surface area contributed by atoms with Crippen LogP contribution in [0.5, 0.6) is 0 Å². The van der Waals surface area contributed by atoms with Gasteiger partial charge in [-0.1, -0.05) is 56.3 Å². The topological polar surface area (TPSA) is 43.2 Å². The molecular weight excluding hydrogens is 536 g/mol. The molecule has 2 heterocycles. The molecule has 6 nitrogen and oxygen atoms in total. The van der Waals surface area contributed by atoms with Gasteiger partial charge in [-0.3, -0.25) is 0 Å². The third kappa shape index (κ3) is 7.15. The van der Waals surface area contributed by atoms with Gasteiger partial charge in [0.2, 0.25) is 5.69 Å². The van der Waals surface area contributed by atoms with Gasteiger partial charge in [0.1, 0.15) is 0 Å². The van der Waals surface area contributed by atoms with Crippen LogP contribution in [-0.2, 0) is 29.8 Å². The highest BCUT2D eigenvalue weighted by molar-refractivity contribution is 6.03. The molecule has 0 amide bonds. The summed E-state index contributed by atoms with van der Waals surface area (Å²) in [6.07, 6.45) is 8.04. The molecule has 2 aliphatic heterocycles. The van der Waals surface area contributed by atoms with E-state index in [9.17, 15) is 0 Å². The molecule has 0 fully saturated rings. The Kier molecular flexibility index (Phi) is 11.4. The maximum absolute atomic E-state index is 5.89. The summed E-state index contributed by atoms with van der Waals surface area (Å²) < 4.78 is 26.0. The fourth-order valence-corrected chi connectivity index (χ4v) is 6.64. The number of allylic oxidation sites excluding steroid dienone is 4. The number of hydrogen-bond acceptors (Lipinski definition) is 5. The number of fused-ring (bicyclic) bond motifs is 2. The SMILES string of the molecule is CCOC(CCN1/C(=C\C=C\C2=[N+](CCC(OCC)OCC)c3ccccc3C2(C)C)C(C)(C)c2ccccc21)OCC. The number of ether oxygens (including phenoxy) is 4. The predicted molar refractivity (Wildman–Crippen MR) is 177 cm³/mol. The molecule has 0 spiro atoms. The second kappa shape index (κ2) is 14.8. The summed E-state index contributed by atoms with van der Waals surface area (Å²) in [5.41, 5.74) is 7.52. The van der Waals surface area contributed by atoms with Gasteiger partial charge in [0.25, 0.3) is 0 Å². The molecule has 0 radical (unpaired) electrons. The quantitative estimate of drug-likeness (QED) is 0.147. The Morgan fingerprint density at radius 1 is 0.721 bits per heavy atom. The van der Waals surface area contributed by atoms with Gasteiger partial charge in [0.15, 0.2) is 24.8 Å². The van der Waals surface area contributed by atoms with Crippen molar-refractivity contribution in [2.45, 2.75) is 91.6 Å². The number of para-hydroxylation sites is 2. The normalized spacial score (nSPS) is 18.1. The van der Waals surface area contributed by atoms with Crippen LogP contribution in [0.25, 0.3) is 0 Å². The summed E-state index contributed by atoms with van der Waals surface area (Å²) in [7, 11) is 0. The van der Waals surface area contributed by atoms with Crippen molar-refractivity contribution >= 4 is 17.1 Å². The van der Waals surface area contributed by atoms with Crippen molar-refractivity contribution < 1.29 is 23.5 Å². The summed E-state index contributed by atoms with van der Waals surface area (Å²) in [6, 6.07) is 17.5. The minimum Gasteiger partial charge on any atom is -0.353 e. The number of benzene rings is 2. The third-order valence-corrected chi connectivity index (χ3v) is 8.69. The Hall–Kier alpha value is -2.77. The maximum Gasteiger partial charge on any atom is 0.209 e. The summed E-state index contributed by atoms with van der Waals surface area (Å²) >= 11 is 0. The molecule has 2 aromatic carbocycles. The fraction of sp³-hybridized carbons (Fsp3) is 0.541. The first-order chi connectivity index (χ1) is 20.7. The lowest BCUT2D eigenvalue weighted by Crippen LogP contribution is -2.31. The van der Waals surface area contributed by atoms with E-state index in [-0.39, 0.29) is 23.4 Å². The summed E-state index contributed by atoms with van der Waals surface area (Å²) in [5, 5.41) is 0. The van der Waals surface area contributed by atoms with Crippen LogP contribution < -0.4 is 4.90 Å². The largest absolute Gasteiger partial charge is 0.353 e. The van der Waals surface area contributed by atoms with Crippen molar-refractivity contribution in [2.75, 3.05) is 44.4 Å². The molecule has 0 aromatic heterocycles. The van der Waals surface area contributed by atoms with Gasteiger partial charge in [-0.25, -0.2) is 0 Å². The highest BCUT2D eigenvalue weighted by Gasteiger charge is 2.44. The van der Waals surface area contributed by atoms with Crippen LogP contribution in [0.4, 0.5) is 11.4 Å². The maximum atomic E-state index is 5.89. The van der Waals surface area contributed by atoms with Crippen molar-refractivity contribution in [2.24, 2.45) is 0 Å². The zero-order valence-corrected chi connectivity index (χ0v) is 27.7. The lowest BCUT2D eigenvalue weighted by molar-refractivity contribution is -0.443. The number of rotatable bonds is 16. The van der Waals surface area contributed by atoms with Gasteiger partial charge in [-0.2, -0.15) is 4.58 Å². The van der Waals surface area contributed by atoms with Crippen LogP contribution in [0.2, 0.25) is 0 Å². The van der Waals surface area contributed by atoms with Crippen LogP contribution >= 0.6 is 0 Å². The molecule has 6 heteroatoms. The van der Waals surface area contributed by atoms with Gasteiger partial charge >= 0.3 is 0 Å². The van der Waals surface area contributed by atoms with Crippen LogP contribution in [0.15, 0.2) is 72.5 Å². The van der Waals surface area contributed by atoms with E-state index < -0.39 is 0 Å². The zero-order valence-electron chi connectivity index (χ0n) is 27.7. The predicted octanol–water partition coefficient (Wildman–Crippen LogP) is 7.88. The van der Waals surface area contributed by atoms with Crippen LogP contribution in [-0.4, -0.2) is 62.4 Å². The first-order valence-corrected chi connectivity index (χ1v) is 16.2. The van der Waals surface area contributed by atoms with Crippen molar-refractivity contribution in [1.29, 1.82) is 0 Å². The van der Waals surface area contributed by atoms with Crippen molar-refractivity contribution in [3.63, 3.8) is 0 Å². The van der Waals surface area contributed by atoms with Crippen LogP contribution in [0.1, 0.15) is 79.4 Å². The summed E-state index contributed by atoms with van der Waals surface area (Å²) in [4.78, 5) is 2.45. The van der Waals surface area contributed by atoms with Crippen LogP contribution in [0.3, 0.4) is 0 Å². The Labute approximate surface area is 260 Å². The molecule has 0 unspecified atom stereocenters. The van der Waals surface area contributed by atoms with Gasteiger partial charge in [-0.15, -0.1) is 0 Å². The van der Waals surface area contributed by atoms with Crippen LogP contribution in [0, 0.1) is 0 Å². The lowest BCUT2D eigenvalue weighted by Gasteiger charge is -2.28. The summed E-state index contributed by atoms with van der Waals surface area (Å²) in [5.74, 6) is 0. The highest BCUT2D eigenvalue weighted by atomic mass is 16.7. The summed E-state index contributed by atoms with van der Waals surface area (Å²) in [6.45, 7) is 21.6. The molecule has 0 saturated heterocycles. The minimum atomic E-state index is -0.207. The fourth-order valence-electron chi connectivity index (χ4n) is 6.64. The molecule has 2 aromatic rings. The van der Waals surface area contributed by atoms with E-state index in [1.807, 2.05) is 27.7 Å². The van der Waals surface area contributed by atoms with Gasteiger partial charge in [0.05, 0.1) is 11.8 Å². The highest BCUT2D eigenvalue weighted by Crippen LogP contribution is 2.48. The van der Waals surface area contributed by atoms with E-state index >= 15 is 0 Å². The molecule has 234 valence electrons. The number of nitrogens with zero attached hydrogens (tertiary/aromatic N) is 2. The monoisotopic (exact) mass is 589 g/mol. The number of anilines is 1. The second-order valence-corrected chi connectivity index (χ2v) is 12.1. The first kappa shape index (κ1) is 33.1. The second-order valence-electron chi connectivity index (χ2n) is 12.1. The Bertz CT molecular complexity index is 1300. The molecule has 0 aliphatic carbocycles. The van der Waals surface area contributed by atoms with Crippen molar-refractivity contribution in [1.82, 2.24) is 0 Å². The Balaban J connectivity index is 1.68. The Morgan fingerprint density at radius 2 is 1.28 bits per heavy atom. The molecule has 0 saturated carbocycles. The van der Waals surface area contributed by atoms with E-state index in [1.54, 1.807) is 0 Å². The average molecular weight is 590 g/mol. The van der Waals surface area contributed by atoms with Gasteiger partial charge < -0.3 is 23.8 Å². The molecule has 43 heavy (non-hydrogen) atoms. The van der Waals surface area contributed by atoms with Gasteiger partial charge in [-0.05, 0) is 59.2 Å². The number of hydrogen-bond donors (Lipinski definition) is 0. The standard InChI is InChI=1S/C37H53N2O4/c1-9-40-34(41-10-2)24-26-38-30-20-15-13-18-28(30)36(5,6)32(38)22-17-23-33-37(7,8)29-19-14-16-21-31(29)39(33)27-25-35(42-11-3)43-12-4/h13-23,34-35H,9-12,24-27H2,1-8H3/q+1. The Morgan fingerprint density at radius 3 is 1.91 bits per heavy atom. The smallest absolute Gasteiger partial charge is 0.209 e. The van der Waals surface area contributed by atoms with Gasteiger partial charge in [0, 0.05) is 73.9 Å². The van der Waals surface area contributed by atoms with E-state index in [1.165, 1.54) is 33.9 Å². The van der Waals surface area contributed by atoms with Crippen molar-refractivity contribution in [3.8, 4) is 0 Å². The molecule has 0 N–H and O–H groups in total. The third-order valence-electron chi connectivity index (χ3n) is 8.69. The van der Waals surface area contributed by atoms with Crippen molar-refractivity contribution in [3.05, 3.63) is 83.6 Å². The molecule has 0 bridgehead atoms. The first-order valence-electron chi connectivity index (χ1n) is 16.2. The zero-order chi connectivity index (χ0) is 31.0. The molecule has 0 atom stereocenters. The van der Waals surface area contributed by atoms with E-state index in [0.717, 1.165) is 25.9 Å².